The Kier molecular flexibility index (Phi) is 2.19. The van der Waals surface area contributed by atoms with Gasteiger partial charge in [-0.25, -0.2) is 0 Å². The van der Waals surface area contributed by atoms with Gasteiger partial charge in [-0.3, -0.25) is 9.59 Å². The van der Waals surface area contributed by atoms with Crippen LogP contribution in [0.2, 0.25) is 0 Å². The lowest BCUT2D eigenvalue weighted by Crippen LogP contribution is -2.46. The summed E-state index contributed by atoms with van der Waals surface area (Å²) in [6.45, 7) is 0.0499. The van der Waals surface area contributed by atoms with Gasteiger partial charge in [0.1, 0.15) is 0 Å². The molecule has 0 aromatic heterocycles. The van der Waals surface area contributed by atoms with E-state index < -0.39 is 5.54 Å². The lowest BCUT2D eigenvalue weighted by Gasteiger charge is -2.09. The Hall–Kier alpha value is -1.10. The maximum atomic E-state index is 11.3. The van der Waals surface area contributed by atoms with E-state index in [1.807, 2.05) is 0 Å². The first kappa shape index (κ1) is 9.45. The van der Waals surface area contributed by atoms with E-state index in [0.29, 0.717) is 6.04 Å². The van der Waals surface area contributed by atoms with Gasteiger partial charge in [0.05, 0.1) is 12.1 Å². The van der Waals surface area contributed by atoms with Crippen molar-refractivity contribution in [3.8, 4) is 0 Å². The van der Waals surface area contributed by atoms with Crippen LogP contribution >= 0.6 is 0 Å². The highest BCUT2D eigenvalue weighted by molar-refractivity contribution is 5.92. The van der Waals surface area contributed by atoms with E-state index in [4.69, 9.17) is 5.73 Å². The fourth-order valence-corrected chi connectivity index (χ4v) is 1.20. The van der Waals surface area contributed by atoms with E-state index in [9.17, 15) is 9.59 Å². The van der Waals surface area contributed by atoms with Crippen LogP contribution in [-0.4, -0.2) is 29.9 Å². The van der Waals surface area contributed by atoms with Gasteiger partial charge >= 0.3 is 0 Å². The average molecular weight is 197 g/mol. The number of carbonyl (C=O) groups excluding carboxylic acids is 2. The van der Waals surface area contributed by atoms with Gasteiger partial charge in [0, 0.05) is 6.04 Å². The molecule has 5 nitrogen and oxygen atoms in total. The Morgan fingerprint density at radius 2 is 2.00 bits per heavy atom. The maximum absolute atomic E-state index is 11.3. The quantitative estimate of drug-likeness (QED) is 0.533. The SMILES string of the molecule is NC1(C(=O)NCC(=O)NC2CC2)CC1. The van der Waals surface area contributed by atoms with Crippen molar-refractivity contribution < 1.29 is 9.59 Å². The molecule has 2 rings (SSSR count). The van der Waals surface area contributed by atoms with E-state index in [-0.39, 0.29) is 18.4 Å². The van der Waals surface area contributed by atoms with E-state index in [1.54, 1.807) is 0 Å². The first-order valence-corrected chi connectivity index (χ1v) is 4.97. The summed E-state index contributed by atoms with van der Waals surface area (Å²) in [5.74, 6) is -0.325. The van der Waals surface area contributed by atoms with Gasteiger partial charge in [-0.15, -0.1) is 0 Å². The monoisotopic (exact) mass is 197 g/mol. The third-order valence-electron chi connectivity index (χ3n) is 2.59. The van der Waals surface area contributed by atoms with Crippen molar-refractivity contribution in [3.63, 3.8) is 0 Å². The lowest BCUT2D eigenvalue weighted by molar-refractivity contribution is -0.127. The molecular formula is C9H15N3O2. The number of hydrogen-bond donors (Lipinski definition) is 3. The predicted octanol–water partition coefficient (Wildman–Crippen LogP) is -1.13. The summed E-state index contributed by atoms with van der Waals surface area (Å²) in [5, 5.41) is 5.33. The molecule has 0 aliphatic heterocycles. The molecule has 0 atom stereocenters. The van der Waals surface area contributed by atoms with Gasteiger partial charge in [0.2, 0.25) is 11.8 Å². The van der Waals surface area contributed by atoms with Crippen LogP contribution in [0.25, 0.3) is 0 Å². The molecule has 5 heteroatoms. The van der Waals surface area contributed by atoms with Crippen LogP contribution in [0.15, 0.2) is 0 Å². The Bertz CT molecular complexity index is 269. The first-order chi connectivity index (χ1) is 6.60. The molecule has 0 radical (unpaired) electrons. The van der Waals surface area contributed by atoms with Crippen molar-refractivity contribution in [3.05, 3.63) is 0 Å². The molecule has 14 heavy (non-hydrogen) atoms. The Morgan fingerprint density at radius 3 is 2.50 bits per heavy atom. The smallest absolute Gasteiger partial charge is 0.240 e. The van der Waals surface area contributed by atoms with E-state index in [1.165, 1.54) is 0 Å². The maximum Gasteiger partial charge on any atom is 0.240 e. The Labute approximate surface area is 82.4 Å². The fourth-order valence-electron chi connectivity index (χ4n) is 1.20. The second-order valence-corrected chi connectivity index (χ2v) is 4.18. The molecule has 78 valence electrons. The van der Waals surface area contributed by atoms with Crippen LogP contribution < -0.4 is 16.4 Å². The highest BCUT2D eigenvalue weighted by Crippen LogP contribution is 2.31. The topological polar surface area (TPSA) is 84.2 Å². The zero-order valence-electron chi connectivity index (χ0n) is 8.01. The minimum atomic E-state index is -0.681. The van der Waals surface area contributed by atoms with Crippen LogP contribution in [-0.2, 0) is 9.59 Å². The number of amides is 2. The van der Waals surface area contributed by atoms with Gasteiger partial charge < -0.3 is 16.4 Å². The molecule has 2 aliphatic carbocycles. The first-order valence-electron chi connectivity index (χ1n) is 4.97. The number of nitrogens with one attached hydrogen (secondary N) is 2. The molecule has 0 aromatic rings. The summed E-state index contributed by atoms with van der Waals surface area (Å²) in [6.07, 6.45) is 3.56. The molecule has 2 amide bonds. The zero-order valence-corrected chi connectivity index (χ0v) is 8.01. The summed E-state index contributed by atoms with van der Waals surface area (Å²) in [7, 11) is 0. The third-order valence-corrected chi connectivity index (χ3v) is 2.59. The van der Waals surface area contributed by atoms with Crippen molar-refractivity contribution in [1.29, 1.82) is 0 Å². The predicted molar refractivity (Wildman–Crippen MR) is 50.3 cm³/mol. The van der Waals surface area contributed by atoms with Crippen molar-refractivity contribution >= 4 is 11.8 Å². The summed E-state index contributed by atoms with van der Waals surface area (Å²) in [6, 6.07) is 0.340. The van der Waals surface area contributed by atoms with Crippen molar-refractivity contribution in [2.24, 2.45) is 5.73 Å². The van der Waals surface area contributed by atoms with Gasteiger partial charge in [-0.05, 0) is 25.7 Å². The third kappa shape index (κ3) is 2.23. The molecule has 2 fully saturated rings. The molecule has 2 saturated carbocycles. The number of carbonyl (C=O) groups is 2. The van der Waals surface area contributed by atoms with Crippen molar-refractivity contribution in [2.45, 2.75) is 37.3 Å². The van der Waals surface area contributed by atoms with Crippen LogP contribution in [0, 0.1) is 0 Å². The molecule has 0 spiro atoms. The molecule has 2 aliphatic rings. The molecule has 4 N–H and O–H groups in total. The van der Waals surface area contributed by atoms with Crippen LogP contribution in [0.4, 0.5) is 0 Å². The second-order valence-electron chi connectivity index (χ2n) is 4.18. The van der Waals surface area contributed by atoms with Gasteiger partial charge in [0.25, 0.3) is 0 Å². The minimum Gasteiger partial charge on any atom is -0.352 e. The molecule has 0 unspecified atom stereocenters. The zero-order chi connectivity index (χ0) is 10.2. The number of hydrogen-bond acceptors (Lipinski definition) is 3. The molecule has 0 aromatic carbocycles. The van der Waals surface area contributed by atoms with Gasteiger partial charge in [-0.2, -0.15) is 0 Å². The molecule has 0 saturated heterocycles. The number of rotatable bonds is 4. The van der Waals surface area contributed by atoms with E-state index in [2.05, 4.69) is 10.6 Å². The lowest BCUT2D eigenvalue weighted by atomic mass is 10.3. The Morgan fingerprint density at radius 1 is 1.36 bits per heavy atom. The summed E-state index contributed by atoms with van der Waals surface area (Å²) >= 11 is 0. The normalized spacial score (nSPS) is 22.6. The standard InChI is InChI=1S/C9H15N3O2/c10-9(3-4-9)8(14)11-5-7(13)12-6-1-2-6/h6H,1-5,10H2,(H,11,14)(H,12,13). The summed E-state index contributed by atoms with van der Waals surface area (Å²) < 4.78 is 0. The van der Waals surface area contributed by atoms with Crippen LogP contribution in [0.1, 0.15) is 25.7 Å². The summed E-state index contributed by atoms with van der Waals surface area (Å²) in [4.78, 5) is 22.5. The molecule has 0 heterocycles. The largest absolute Gasteiger partial charge is 0.352 e. The fraction of sp³-hybridized carbons (Fsp3) is 0.778. The number of nitrogens with two attached hydrogens (primary N) is 1. The molecule has 0 bridgehead atoms. The van der Waals surface area contributed by atoms with Gasteiger partial charge in [-0.1, -0.05) is 0 Å². The molecular weight excluding hydrogens is 182 g/mol. The highest BCUT2D eigenvalue weighted by Gasteiger charge is 2.45. The van der Waals surface area contributed by atoms with Crippen LogP contribution in [0.3, 0.4) is 0 Å². The van der Waals surface area contributed by atoms with Crippen LogP contribution in [0.5, 0.6) is 0 Å². The Balaban J connectivity index is 1.65. The van der Waals surface area contributed by atoms with Gasteiger partial charge in [0.15, 0.2) is 0 Å². The average Bonchev–Trinajstić information content (AvgIpc) is 3.00. The minimum absolute atomic E-state index is 0.0499. The van der Waals surface area contributed by atoms with Crippen molar-refractivity contribution in [2.75, 3.05) is 6.54 Å². The van der Waals surface area contributed by atoms with E-state index in [0.717, 1.165) is 25.7 Å². The highest BCUT2D eigenvalue weighted by atomic mass is 16.2. The van der Waals surface area contributed by atoms with Crippen molar-refractivity contribution in [1.82, 2.24) is 10.6 Å². The van der Waals surface area contributed by atoms with E-state index >= 15 is 0 Å². The second kappa shape index (κ2) is 3.24. The summed E-state index contributed by atoms with van der Waals surface area (Å²) in [5.41, 5.74) is 4.97.